The summed E-state index contributed by atoms with van der Waals surface area (Å²) in [5.74, 6) is 0. The van der Waals surface area contributed by atoms with Gasteiger partial charge in [-0.2, -0.15) is 26.3 Å². The number of cyclic esters (lactones) is 1. The monoisotopic (exact) mass is 355 g/mol. The average molecular weight is 355 g/mol. The summed E-state index contributed by atoms with van der Waals surface area (Å²) in [4.78, 5) is 13.1. The Morgan fingerprint density at radius 1 is 1.04 bits per heavy atom. The maximum absolute atomic E-state index is 12.9. The van der Waals surface area contributed by atoms with Crippen molar-refractivity contribution in [3.8, 4) is 0 Å². The van der Waals surface area contributed by atoms with Crippen molar-refractivity contribution in [3.63, 3.8) is 0 Å². The molecule has 0 spiro atoms. The van der Waals surface area contributed by atoms with E-state index in [2.05, 4.69) is 0 Å². The van der Waals surface area contributed by atoms with Gasteiger partial charge in [0, 0.05) is 6.54 Å². The minimum Gasteiger partial charge on any atom is -0.439 e. The molecule has 1 aromatic carbocycles. The van der Waals surface area contributed by atoms with Crippen molar-refractivity contribution in [3.05, 3.63) is 34.9 Å². The summed E-state index contributed by atoms with van der Waals surface area (Å²) in [6, 6.07) is 1.23. The summed E-state index contributed by atoms with van der Waals surface area (Å²) in [6.07, 6.45) is -11.9. The first-order valence-corrected chi connectivity index (χ1v) is 7.06. The summed E-state index contributed by atoms with van der Waals surface area (Å²) < 4.78 is 82.8. The van der Waals surface area contributed by atoms with E-state index < -0.39 is 41.2 Å². The molecule has 1 fully saturated rings. The Hall–Kier alpha value is -1.93. The van der Waals surface area contributed by atoms with Crippen LogP contribution in [0.1, 0.15) is 43.6 Å². The van der Waals surface area contributed by atoms with Gasteiger partial charge in [0.2, 0.25) is 0 Å². The second kappa shape index (κ2) is 5.56. The minimum absolute atomic E-state index is 0.0465. The summed E-state index contributed by atoms with van der Waals surface area (Å²) >= 11 is 0. The summed E-state index contributed by atoms with van der Waals surface area (Å²) in [5, 5.41) is 0. The average Bonchev–Trinajstić information content (AvgIpc) is 2.65. The molecule has 0 aliphatic carbocycles. The summed E-state index contributed by atoms with van der Waals surface area (Å²) in [5.41, 5.74) is -4.30. The second-order valence-corrected chi connectivity index (χ2v) is 6.00. The van der Waals surface area contributed by atoms with Crippen molar-refractivity contribution in [1.29, 1.82) is 0 Å². The number of amides is 1. The first-order valence-electron chi connectivity index (χ1n) is 7.06. The fourth-order valence-corrected chi connectivity index (χ4v) is 2.83. The number of likely N-dealkylation sites (N-methyl/N-ethyl adjacent to an activating group) is 1. The number of carbonyl (C=O) groups is 1. The zero-order valence-electron chi connectivity index (χ0n) is 13.0. The normalized spacial score (nSPS) is 21.1. The van der Waals surface area contributed by atoms with Gasteiger partial charge in [0.05, 0.1) is 16.7 Å². The van der Waals surface area contributed by atoms with E-state index in [9.17, 15) is 31.1 Å². The molecule has 0 aromatic heterocycles. The number of halogens is 6. The zero-order valence-corrected chi connectivity index (χ0v) is 13.0. The number of ether oxygens (including phenoxy) is 1. The lowest BCUT2D eigenvalue weighted by molar-refractivity contribution is -0.143. The molecule has 0 N–H and O–H groups in total. The van der Waals surface area contributed by atoms with Crippen LogP contribution >= 0.6 is 0 Å². The van der Waals surface area contributed by atoms with E-state index in [0.717, 1.165) is 0 Å². The van der Waals surface area contributed by atoms with Gasteiger partial charge in [-0.1, -0.05) is 0 Å². The SMILES string of the molecule is CCN1C(=O)O[C@H](c2cc(C(F)(F)F)cc(C(F)(F)F)c2)C1(C)C. The van der Waals surface area contributed by atoms with E-state index >= 15 is 0 Å². The molecule has 1 amide bonds. The fraction of sp³-hybridized carbons (Fsp3) is 0.533. The molecular weight excluding hydrogens is 340 g/mol. The summed E-state index contributed by atoms with van der Waals surface area (Å²) in [6.45, 7) is 4.91. The van der Waals surface area contributed by atoms with Gasteiger partial charge in [-0.15, -0.1) is 0 Å². The quantitative estimate of drug-likeness (QED) is 0.698. The molecule has 1 heterocycles. The second-order valence-electron chi connectivity index (χ2n) is 6.00. The molecule has 134 valence electrons. The van der Waals surface area contributed by atoms with Crippen molar-refractivity contribution in [2.45, 2.75) is 44.8 Å². The van der Waals surface area contributed by atoms with Crippen LogP contribution in [-0.2, 0) is 17.1 Å². The topological polar surface area (TPSA) is 29.5 Å². The third-order valence-corrected chi connectivity index (χ3v) is 4.01. The van der Waals surface area contributed by atoms with Crippen molar-refractivity contribution in [1.82, 2.24) is 4.90 Å². The third-order valence-electron chi connectivity index (χ3n) is 4.01. The van der Waals surface area contributed by atoms with Crippen molar-refractivity contribution in [2.24, 2.45) is 0 Å². The standard InChI is InChI=1S/C15H15F6NO2/c1-4-22-12(23)24-11(13(22,2)3)8-5-9(14(16,17)18)7-10(6-8)15(19,20)21/h5-7,11H,4H2,1-3H3/t11-/m1/s1. The summed E-state index contributed by atoms with van der Waals surface area (Å²) in [7, 11) is 0. The van der Waals surface area contributed by atoms with Crippen LogP contribution in [0, 0.1) is 0 Å². The lowest BCUT2D eigenvalue weighted by atomic mass is 9.89. The number of hydrogen-bond donors (Lipinski definition) is 0. The van der Waals surface area contributed by atoms with Gasteiger partial charge in [-0.25, -0.2) is 4.79 Å². The maximum Gasteiger partial charge on any atom is 0.416 e. The highest BCUT2D eigenvalue weighted by atomic mass is 19.4. The largest absolute Gasteiger partial charge is 0.439 e. The molecule has 3 nitrogen and oxygen atoms in total. The van der Waals surface area contributed by atoms with E-state index in [1.54, 1.807) is 6.92 Å². The molecule has 1 aliphatic rings. The number of rotatable bonds is 2. The highest BCUT2D eigenvalue weighted by Crippen LogP contribution is 2.44. The number of alkyl halides is 6. The van der Waals surface area contributed by atoms with Gasteiger partial charge in [0.15, 0.2) is 6.10 Å². The molecule has 1 aromatic rings. The van der Waals surface area contributed by atoms with Crippen LogP contribution in [0.25, 0.3) is 0 Å². The molecular formula is C15H15F6NO2. The van der Waals surface area contributed by atoms with Gasteiger partial charge in [-0.3, -0.25) is 4.90 Å². The van der Waals surface area contributed by atoms with Gasteiger partial charge in [-0.05, 0) is 44.5 Å². The van der Waals surface area contributed by atoms with E-state index in [1.165, 1.54) is 18.7 Å². The van der Waals surface area contributed by atoms with Crippen molar-refractivity contribution < 1.29 is 35.9 Å². The molecule has 0 unspecified atom stereocenters. The van der Waals surface area contributed by atoms with Crippen LogP contribution in [0.3, 0.4) is 0 Å². The van der Waals surface area contributed by atoms with Crippen molar-refractivity contribution in [2.75, 3.05) is 6.54 Å². The van der Waals surface area contributed by atoms with Crippen LogP contribution < -0.4 is 0 Å². The first-order chi connectivity index (χ1) is 10.8. The Morgan fingerprint density at radius 2 is 1.50 bits per heavy atom. The smallest absolute Gasteiger partial charge is 0.416 e. The number of nitrogens with zero attached hydrogens (tertiary/aromatic N) is 1. The lowest BCUT2D eigenvalue weighted by Gasteiger charge is -2.31. The highest BCUT2D eigenvalue weighted by molar-refractivity contribution is 5.72. The number of carbonyl (C=O) groups excluding carboxylic acids is 1. The highest BCUT2D eigenvalue weighted by Gasteiger charge is 2.49. The first kappa shape index (κ1) is 18.4. The molecule has 0 radical (unpaired) electrons. The van der Waals surface area contributed by atoms with Crippen LogP contribution in [0.15, 0.2) is 18.2 Å². The molecule has 1 aliphatic heterocycles. The number of benzene rings is 1. The van der Waals surface area contributed by atoms with E-state index in [-0.39, 0.29) is 18.2 Å². The Bertz CT molecular complexity index is 618. The Kier molecular flexibility index (Phi) is 4.26. The number of hydrogen-bond acceptors (Lipinski definition) is 2. The van der Waals surface area contributed by atoms with Crippen LogP contribution in [-0.4, -0.2) is 23.1 Å². The Morgan fingerprint density at radius 3 is 1.83 bits per heavy atom. The van der Waals surface area contributed by atoms with Gasteiger partial charge < -0.3 is 4.74 Å². The Balaban J connectivity index is 2.60. The maximum atomic E-state index is 12.9. The van der Waals surface area contributed by atoms with Gasteiger partial charge in [0.25, 0.3) is 0 Å². The predicted molar refractivity (Wildman–Crippen MR) is 72.1 cm³/mol. The van der Waals surface area contributed by atoms with E-state index in [0.29, 0.717) is 12.1 Å². The molecule has 9 heteroatoms. The third kappa shape index (κ3) is 3.16. The van der Waals surface area contributed by atoms with E-state index in [1.807, 2.05) is 0 Å². The van der Waals surface area contributed by atoms with Gasteiger partial charge in [0.1, 0.15) is 0 Å². The molecule has 0 saturated carbocycles. The van der Waals surface area contributed by atoms with Gasteiger partial charge >= 0.3 is 18.4 Å². The predicted octanol–water partition coefficient (Wildman–Crippen LogP) is 5.02. The molecule has 2 rings (SSSR count). The Labute approximate surface area is 134 Å². The molecule has 24 heavy (non-hydrogen) atoms. The van der Waals surface area contributed by atoms with Crippen molar-refractivity contribution >= 4 is 6.09 Å². The lowest BCUT2D eigenvalue weighted by Crippen LogP contribution is -2.42. The zero-order chi connectivity index (χ0) is 18.5. The van der Waals surface area contributed by atoms with Crippen LogP contribution in [0.2, 0.25) is 0 Å². The van der Waals surface area contributed by atoms with Crippen LogP contribution in [0.4, 0.5) is 31.1 Å². The minimum atomic E-state index is -4.95. The molecule has 0 bridgehead atoms. The fourth-order valence-electron chi connectivity index (χ4n) is 2.83. The van der Waals surface area contributed by atoms with E-state index in [4.69, 9.17) is 4.74 Å². The molecule has 1 saturated heterocycles. The molecule has 1 atom stereocenters. The van der Waals surface area contributed by atoms with Crippen LogP contribution in [0.5, 0.6) is 0 Å².